The average molecular weight is 205 g/mol. The van der Waals surface area contributed by atoms with E-state index in [9.17, 15) is 0 Å². The summed E-state index contributed by atoms with van der Waals surface area (Å²) in [6.07, 6.45) is 6.40. The molecule has 0 aliphatic rings. The van der Waals surface area contributed by atoms with Crippen molar-refractivity contribution in [3.63, 3.8) is 0 Å². The van der Waals surface area contributed by atoms with Crippen molar-refractivity contribution >= 4 is 0 Å². The lowest BCUT2D eigenvalue weighted by Crippen LogP contribution is -2.05. The molecule has 0 heterocycles. The third-order valence-corrected chi connectivity index (χ3v) is 2.26. The molecule has 0 fully saturated rings. The largest absolute Gasteiger partial charge is 0.496 e. The van der Waals surface area contributed by atoms with Crippen molar-refractivity contribution in [3.05, 3.63) is 42.0 Å². The van der Waals surface area contributed by atoms with Gasteiger partial charge in [-0.25, -0.2) is 0 Å². The number of hydrogen-bond donors (Lipinski definition) is 1. The van der Waals surface area contributed by atoms with Crippen LogP contribution in [0.15, 0.2) is 36.4 Å². The predicted octanol–water partition coefficient (Wildman–Crippen LogP) is 2.40. The van der Waals surface area contributed by atoms with Gasteiger partial charge < -0.3 is 10.1 Å². The van der Waals surface area contributed by atoms with Crippen LogP contribution in [0, 0.1) is 0 Å². The number of para-hydroxylation sites is 1. The van der Waals surface area contributed by atoms with Gasteiger partial charge in [-0.05, 0) is 38.1 Å². The first-order chi connectivity index (χ1) is 7.38. The first-order valence-electron chi connectivity index (χ1n) is 5.30. The van der Waals surface area contributed by atoms with Crippen molar-refractivity contribution < 1.29 is 4.74 Å². The fourth-order valence-electron chi connectivity index (χ4n) is 1.43. The molecule has 0 unspecified atom stereocenters. The summed E-state index contributed by atoms with van der Waals surface area (Å²) >= 11 is 0. The number of ether oxygens (including phenoxy) is 1. The fourth-order valence-corrected chi connectivity index (χ4v) is 1.43. The Morgan fingerprint density at radius 1 is 1.27 bits per heavy atom. The molecule has 2 nitrogen and oxygen atoms in total. The number of nitrogens with one attached hydrogen (secondary N) is 1. The van der Waals surface area contributed by atoms with Crippen LogP contribution in [0.4, 0.5) is 0 Å². The summed E-state index contributed by atoms with van der Waals surface area (Å²) in [5.41, 5.74) is 1.24. The van der Waals surface area contributed by atoms with E-state index in [4.69, 9.17) is 4.74 Å². The monoisotopic (exact) mass is 205 g/mol. The minimum absolute atomic E-state index is 0.938. The third-order valence-electron chi connectivity index (χ3n) is 2.26. The maximum atomic E-state index is 5.28. The molecule has 0 atom stereocenters. The van der Waals surface area contributed by atoms with Gasteiger partial charge in [0.1, 0.15) is 5.75 Å². The summed E-state index contributed by atoms with van der Waals surface area (Å²) in [7, 11) is 3.68. The van der Waals surface area contributed by atoms with Crippen LogP contribution in [-0.2, 0) is 6.42 Å². The number of rotatable bonds is 6. The lowest BCUT2D eigenvalue weighted by molar-refractivity contribution is 0.410. The normalized spacial score (nSPS) is 10.8. The summed E-state index contributed by atoms with van der Waals surface area (Å²) < 4.78 is 5.28. The molecule has 0 aliphatic carbocycles. The van der Waals surface area contributed by atoms with Gasteiger partial charge in [-0.2, -0.15) is 0 Å². The highest BCUT2D eigenvalue weighted by Gasteiger charge is 1.97. The molecule has 0 saturated carbocycles. The molecule has 1 aromatic carbocycles. The molecule has 1 N–H and O–H groups in total. The van der Waals surface area contributed by atoms with E-state index in [1.165, 1.54) is 5.56 Å². The van der Waals surface area contributed by atoms with Crippen LogP contribution >= 0.6 is 0 Å². The van der Waals surface area contributed by atoms with E-state index in [2.05, 4.69) is 23.5 Å². The quantitative estimate of drug-likeness (QED) is 0.569. The lowest BCUT2D eigenvalue weighted by atomic mass is 10.1. The molecule has 1 aromatic rings. The minimum Gasteiger partial charge on any atom is -0.496 e. The van der Waals surface area contributed by atoms with Gasteiger partial charge in [0.15, 0.2) is 0 Å². The van der Waals surface area contributed by atoms with Gasteiger partial charge in [0, 0.05) is 0 Å². The van der Waals surface area contributed by atoms with E-state index < -0.39 is 0 Å². The van der Waals surface area contributed by atoms with Crippen molar-refractivity contribution in [1.82, 2.24) is 5.32 Å². The Hall–Kier alpha value is -1.28. The predicted molar refractivity (Wildman–Crippen MR) is 64.4 cm³/mol. The van der Waals surface area contributed by atoms with E-state index in [0.717, 1.165) is 25.1 Å². The third kappa shape index (κ3) is 4.17. The Morgan fingerprint density at radius 2 is 2.07 bits per heavy atom. The highest BCUT2D eigenvalue weighted by Crippen LogP contribution is 2.17. The molecular weight excluding hydrogens is 186 g/mol. The molecule has 15 heavy (non-hydrogen) atoms. The van der Waals surface area contributed by atoms with E-state index in [0.29, 0.717) is 0 Å². The Kier molecular flexibility index (Phi) is 5.56. The van der Waals surface area contributed by atoms with Crippen LogP contribution in [0.5, 0.6) is 5.75 Å². The molecule has 82 valence electrons. The molecule has 0 radical (unpaired) electrons. The molecule has 0 bridgehead atoms. The van der Waals surface area contributed by atoms with Crippen molar-refractivity contribution in [2.75, 3.05) is 20.7 Å². The Bertz CT molecular complexity index is 307. The number of hydrogen-bond acceptors (Lipinski definition) is 2. The van der Waals surface area contributed by atoms with E-state index >= 15 is 0 Å². The van der Waals surface area contributed by atoms with Crippen LogP contribution in [0.2, 0.25) is 0 Å². The molecule has 0 aromatic heterocycles. The maximum Gasteiger partial charge on any atom is 0.122 e. The van der Waals surface area contributed by atoms with Gasteiger partial charge >= 0.3 is 0 Å². The SMILES string of the molecule is CNCCC=CCc1ccccc1OC. The number of allylic oxidation sites excluding steroid dienone is 1. The highest BCUT2D eigenvalue weighted by atomic mass is 16.5. The van der Waals surface area contributed by atoms with Gasteiger partial charge in [-0.1, -0.05) is 30.4 Å². The zero-order valence-electron chi connectivity index (χ0n) is 9.49. The second kappa shape index (κ2) is 7.07. The second-order valence-corrected chi connectivity index (χ2v) is 3.38. The zero-order valence-corrected chi connectivity index (χ0v) is 9.49. The molecular formula is C13H19NO. The van der Waals surface area contributed by atoms with Gasteiger partial charge in [0.25, 0.3) is 0 Å². The van der Waals surface area contributed by atoms with Crippen molar-refractivity contribution in [2.45, 2.75) is 12.8 Å². The van der Waals surface area contributed by atoms with Crippen LogP contribution < -0.4 is 10.1 Å². The van der Waals surface area contributed by atoms with Gasteiger partial charge in [0.2, 0.25) is 0 Å². The van der Waals surface area contributed by atoms with Crippen molar-refractivity contribution in [3.8, 4) is 5.75 Å². The van der Waals surface area contributed by atoms with E-state index in [-0.39, 0.29) is 0 Å². The molecule has 0 saturated heterocycles. The molecule has 0 amide bonds. The summed E-state index contributed by atoms with van der Waals surface area (Å²) in [6.45, 7) is 1.03. The van der Waals surface area contributed by atoms with Crippen molar-refractivity contribution in [2.24, 2.45) is 0 Å². The van der Waals surface area contributed by atoms with E-state index in [1.54, 1.807) is 7.11 Å². The van der Waals surface area contributed by atoms with Crippen LogP contribution in [0.1, 0.15) is 12.0 Å². The summed E-state index contributed by atoms with van der Waals surface area (Å²) in [4.78, 5) is 0. The molecule has 2 heteroatoms. The fraction of sp³-hybridized carbons (Fsp3) is 0.385. The Morgan fingerprint density at radius 3 is 2.80 bits per heavy atom. The number of benzene rings is 1. The van der Waals surface area contributed by atoms with Crippen molar-refractivity contribution in [1.29, 1.82) is 0 Å². The number of methoxy groups -OCH3 is 1. The molecule has 0 aliphatic heterocycles. The average Bonchev–Trinajstić information content (AvgIpc) is 2.29. The maximum absolute atomic E-state index is 5.28. The lowest BCUT2D eigenvalue weighted by Gasteiger charge is -2.04. The zero-order chi connectivity index (χ0) is 10.9. The minimum atomic E-state index is 0.938. The Labute approximate surface area is 92.0 Å². The van der Waals surface area contributed by atoms with Crippen LogP contribution in [-0.4, -0.2) is 20.7 Å². The second-order valence-electron chi connectivity index (χ2n) is 3.38. The van der Waals surface area contributed by atoms with Gasteiger partial charge in [-0.3, -0.25) is 0 Å². The van der Waals surface area contributed by atoms with E-state index in [1.807, 2.05) is 25.2 Å². The topological polar surface area (TPSA) is 21.3 Å². The van der Waals surface area contributed by atoms with Gasteiger partial charge in [0.05, 0.1) is 7.11 Å². The summed E-state index contributed by atoms with van der Waals surface area (Å²) in [5, 5.41) is 3.11. The Balaban J connectivity index is 2.46. The summed E-state index contributed by atoms with van der Waals surface area (Å²) in [5.74, 6) is 0.968. The van der Waals surface area contributed by atoms with Crippen LogP contribution in [0.3, 0.4) is 0 Å². The molecule has 1 rings (SSSR count). The highest BCUT2D eigenvalue weighted by molar-refractivity contribution is 5.34. The molecule has 0 spiro atoms. The van der Waals surface area contributed by atoms with Gasteiger partial charge in [-0.15, -0.1) is 0 Å². The summed E-state index contributed by atoms with van der Waals surface area (Å²) in [6, 6.07) is 8.13. The first-order valence-corrected chi connectivity index (χ1v) is 5.30. The first kappa shape index (κ1) is 11.8. The van der Waals surface area contributed by atoms with Crippen LogP contribution in [0.25, 0.3) is 0 Å². The smallest absolute Gasteiger partial charge is 0.122 e. The standard InChI is InChI=1S/C13H19NO/c1-14-11-7-3-4-8-12-9-5-6-10-13(12)15-2/h3-6,9-10,14H,7-8,11H2,1-2H3.